The number of pyridine rings is 1. The first kappa shape index (κ1) is 10.9. The fourth-order valence-corrected chi connectivity index (χ4v) is 1.79. The zero-order chi connectivity index (χ0) is 12.5. The van der Waals surface area contributed by atoms with Crippen molar-refractivity contribution < 1.29 is 14.1 Å². The Balaban J connectivity index is 1.97. The lowest BCUT2D eigenvalue weighted by molar-refractivity contribution is -0.385. The minimum atomic E-state index is -0.511. The molecule has 18 heavy (non-hydrogen) atoms. The molecule has 3 heterocycles. The third kappa shape index (κ3) is 1.86. The van der Waals surface area contributed by atoms with Crippen LogP contribution >= 0.6 is 0 Å². The van der Waals surface area contributed by atoms with Gasteiger partial charge in [0.05, 0.1) is 24.2 Å². The van der Waals surface area contributed by atoms with E-state index in [2.05, 4.69) is 9.97 Å². The number of morpholine rings is 1. The third-order valence-corrected chi connectivity index (χ3v) is 2.71. The predicted molar refractivity (Wildman–Crippen MR) is 61.5 cm³/mol. The van der Waals surface area contributed by atoms with E-state index in [4.69, 9.17) is 9.15 Å². The number of oxazole rings is 1. The molecule has 0 bridgehead atoms. The van der Waals surface area contributed by atoms with Gasteiger partial charge in [-0.05, 0) is 0 Å². The molecule has 1 saturated heterocycles. The molecule has 94 valence electrons. The topological polar surface area (TPSA) is 94.5 Å². The van der Waals surface area contributed by atoms with Crippen molar-refractivity contribution in [3.8, 4) is 0 Å². The van der Waals surface area contributed by atoms with Crippen LogP contribution in [0.15, 0.2) is 16.7 Å². The lowest BCUT2D eigenvalue weighted by Gasteiger charge is -2.24. The smallest absolute Gasteiger partial charge is 0.300 e. The van der Waals surface area contributed by atoms with Gasteiger partial charge in [-0.25, -0.2) is 4.98 Å². The number of nitro groups is 1. The first-order valence-electron chi connectivity index (χ1n) is 5.48. The molecular weight excluding hydrogens is 240 g/mol. The van der Waals surface area contributed by atoms with Gasteiger partial charge in [-0.2, -0.15) is 4.98 Å². The molecule has 1 aliphatic heterocycles. The van der Waals surface area contributed by atoms with E-state index in [1.165, 1.54) is 12.3 Å². The summed E-state index contributed by atoms with van der Waals surface area (Å²) in [5.41, 5.74) is 0.597. The molecule has 0 saturated carbocycles. The van der Waals surface area contributed by atoms with Crippen LogP contribution in [-0.4, -0.2) is 41.2 Å². The second-order valence-electron chi connectivity index (χ2n) is 3.87. The third-order valence-electron chi connectivity index (χ3n) is 2.71. The van der Waals surface area contributed by atoms with Crippen molar-refractivity contribution in [1.82, 2.24) is 9.97 Å². The van der Waals surface area contributed by atoms with E-state index in [0.29, 0.717) is 43.5 Å². The maximum absolute atomic E-state index is 10.6. The molecule has 2 aromatic heterocycles. The SMILES string of the molecule is O=[N+]([O-])c1cnc2nc(N3CCOCC3)oc2c1. The van der Waals surface area contributed by atoms with Crippen molar-refractivity contribution in [3.05, 3.63) is 22.4 Å². The minimum absolute atomic E-state index is 0.104. The second-order valence-corrected chi connectivity index (χ2v) is 3.87. The molecule has 1 aliphatic rings. The summed E-state index contributed by atoms with van der Waals surface area (Å²) in [6.07, 6.45) is 1.17. The maximum Gasteiger partial charge on any atom is 0.300 e. The van der Waals surface area contributed by atoms with Gasteiger partial charge in [0.15, 0.2) is 5.58 Å². The van der Waals surface area contributed by atoms with Gasteiger partial charge in [-0.1, -0.05) is 0 Å². The molecule has 0 radical (unpaired) electrons. The van der Waals surface area contributed by atoms with Crippen LogP contribution in [0.5, 0.6) is 0 Å². The van der Waals surface area contributed by atoms with E-state index in [0.717, 1.165) is 0 Å². The highest BCUT2D eigenvalue weighted by Gasteiger charge is 2.19. The predicted octanol–water partition coefficient (Wildman–Crippen LogP) is 0.968. The first-order chi connectivity index (χ1) is 8.74. The van der Waals surface area contributed by atoms with E-state index in [9.17, 15) is 10.1 Å². The minimum Gasteiger partial charge on any atom is -0.421 e. The van der Waals surface area contributed by atoms with Crippen molar-refractivity contribution >= 4 is 22.9 Å². The van der Waals surface area contributed by atoms with Gasteiger partial charge in [0.1, 0.15) is 6.20 Å². The number of hydrogen-bond donors (Lipinski definition) is 0. The van der Waals surface area contributed by atoms with Gasteiger partial charge in [0.25, 0.3) is 11.7 Å². The Kier molecular flexibility index (Phi) is 2.56. The Labute approximate surface area is 101 Å². The Bertz CT molecular complexity index is 591. The molecular formula is C10H10N4O4. The van der Waals surface area contributed by atoms with E-state index in [1.807, 2.05) is 4.90 Å². The van der Waals surface area contributed by atoms with Gasteiger partial charge < -0.3 is 14.1 Å². The fourth-order valence-electron chi connectivity index (χ4n) is 1.79. The van der Waals surface area contributed by atoms with Crippen LogP contribution in [0.4, 0.5) is 11.7 Å². The van der Waals surface area contributed by atoms with Crippen molar-refractivity contribution in [3.63, 3.8) is 0 Å². The van der Waals surface area contributed by atoms with E-state index in [-0.39, 0.29) is 5.69 Å². The summed E-state index contributed by atoms with van der Waals surface area (Å²) in [6, 6.07) is 1.76. The molecule has 0 aliphatic carbocycles. The molecule has 0 spiro atoms. The summed E-state index contributed by atoms with van der Waals surface area (Å²) in [7, 11) is 0. The average molecular weight is 250 g/mol. The van der Waals surface area contributed by atoms with Gasteiger partial charge >= 0.3 is 0 Å². The Hall–Kier alpha value is -2.22. The number of aromatic nitrogens is 2. The molecule has 2 aromatic rings. The quantitative estimate of drug-likeness (QED) is 0.578. The van der Waals surface area contributed by atoms with Gasteiger partial charge in [-0.3, -0.25) is 10.1 Å². The molecule has 0 N–H and O–H groups in total. The zero-order valence-corrected chi connectivity index (χ0v) is 9.40. The maximum atomic E-state index is 10.6. The number of hydrogen-bond acceptors (Lipinski definition) is 7. The van der Waals surface area contributed by atoms with Gasteiger partial charge in [0, 0.05) is 13.1 Å². The van der Waals surface area contributed by atoms with E-state index in [1.54, 1.807) is 0 Å². The van der Waals surface area contributed by atoms with Crippen molar-refractivity contribution in [1.29, 1.82) is 0 Å². The molecule has 8 nitrogen and oxygen atoms in total. The fraction of sp³-hybridized carbons (Fsp3) is 0.400. The monoisotopic (exact) mass is 250 g/mol. The molecule has 0 aromatic carbocycles. The second kappa shape index (κ2) is 4.22. The number of rotatable bonds is 2. The molecule has 3 rings (SSSR count). The Morgan fingerprint density at radius 3 is 2.89 bits per heavy atom. The highest BCUT2D eigenvalue weighted by Crippen LogP contribution is 2.24. The lowest BCUT2D eigenvalue weighted by atomic mass is 10.4. The Morgan fingerprint density at radius 2 is 2.17 bits per heavy atom. The number of ether oxygens (including phenoxy) is 1. The average Bonchev–Trinajstić information content (AvgIpc) is 2.82. The van der Waals surface area contributed by atoms with Crippen LogP contribution in [0.1, 0.15) is 0 Å². The van der Waals surface area contributed by atoms with Crippen LogP contribution in [0.3, 0.4) is 0 Å². The van der Waals surface area contributed by atoms with Gasteiger partial charge in [0.2, 0.25) is 5.65 Å². The summed E-state index contributed by atoms with van der Waals surface area (Å²) in [5.74, 6) is 0. The number of anilines is 1. The van der Waals surface area contributed by atoms with Crippen LogP contribution in [0, 0.1) is 10.1 Å². The summed E-state index contributed by atoms with van der Waals surface area (Å²) in [4.78, 5) is 20.2. The Morgan fingerprint density at radius 1 is 1.39 bits per heavy atom. The largest absolute Gasteiger partial charge is 0.421 e. The molecule has 0 atom stereocenters. The standard InChI is InChI=1S/C10H10N4O4/c15-14(16)7-5-8-9(11-6-7)12-10(18-8)13-1-3-17-4-2-13/h5-6H,1-4H2. The summed E-state index contributed by atoms with van der Waals surface area (Å²) < 4.78 is 10.7. The molecule has 0 unspecified atom stereocenters. The normalized spacial score (nSPS) is 16.1. The highest BCUT2D eigenvalue weighted by molar-refractivity contribution is 5.72. The van der Waals surface area contributed by atoms with Crippen molar-refractivity contribution in [2.75, 3.05) is 31.2 Å². The number of nitrogens with zero attached hydrogens (tertiary/aromatic N) is 4. The van der Waals surface area contributed by atoms with Crippen LogP contribution in [-0.2, 0) is 4.74 Å². The highest BCUT2D eigenvalue weighted by atomic mass is 16.6. The molecule has 8 heteroatoms. The zero-order valence-electron chi connectivity index (χ0n) is 9.40. The van der Waals surface area contributed by atoms with Crippen LogP contribution in [0.2, 0.25) is 0 Å². The van der Waals surface area contributed by atoms with E-state index < -0.39 is 4.92 Å². The first-order valence-corrected chi connectivity index (χ1v) is 5.48. The van der Waals surface area contributed by atoms with Crippen molar-refractivity contribution in [2.45, 2.75) is 0 Å². The number of fused-ring (bicyclic) bond motifs is 1. The van der Waals surface area contributed by atoms with Gasteiger partial charge in [-0.15, -0.1) is 0 Å². The van der Waals surface area contributed by atoms with Crippen LogP contribution < -0.4 is 4.90 Å². The lowest BCUT2D eigenvalue weighted by Crippen LogP contribution is -2.36. The molecule has 0 amide bonds. The van der Waals surface area contributed by atoms with Crippen LogP contribution in [0.25, 0.3) is 11.2 Å². The summed E-state index contributed by atoms with van der Waals surface area (Å²) in [5, 5.41) is 10.6. The summed E-state index contributed by atoms with van der Waals surface area (Å²) in [6.45, 7) is 2.61. The summed E-state index contributed by atoms with van der Waals surface area (Å²) >= 11 is 0. The van der Waals surface area contributed by atoms with Crippen molar-refractivity contribution in [2.24, 2.45) is 0 Å². The molecule has 1 fully saturated rings. The van der Waals surface area contributed by atoms with E-state index >= 15 is 0 Å².